The summed E-state index contributed by atoms with van der Waals surface area (Å²) in [5.41, 5.74) is 0. The largest absolute Gasteiger partial charge is 0.398 e. The van der Waals surface area contributed by atoms with Gasteiger partial charge in [-0.3, -0.25) is 5.41 Å². The molecule has 0 bridgehead atoms. The van der Waals surface area contributed by atoms with Crippen molar-refractivity contribution in [3.05, 3.63) is 0 Å². The summed E-state index contributed by atoms with van der Waals surface area (Å²) >= 11 is 0. The Morgan fingerprint density at radius 3 is 2.33 bits per heavy atom. The maximum atomic E-state index is 12.0. The lowest BCUT2D eigenvalue weighted by atomic mass is 9.98. The van der Waals surface area contributed by atoms with E-state index in [0.29, 0.717) is 13.0 Å². The van der Waals surface area contributed by atoms with Crippen molar-refractivity contribution in [3.8, 4) is 0 Å². The van der Waals surface area contributed by atoms with Crippen LogP contribution in [0.2, 0.25) is 0 Å². The minimum Gasteiger partial charge on any atom is -0.374 e. The molecule has 2 N–H and O–H groups in total. The first kappa shape index (κ1) is 11.6. The summed E-state index contributed by atoms with van der Waals surface area (Å²) < 4.78 is 36.0. The predicted octanol–water partition coefficient (Wildman–Crippen LogP) is 1.95. The third-order valence-corrected chi connectivity index (χ3v) is 1.73. The van der Waals surface area contributed by atoms with Crippen molar-refractivity contribution in [3.63, 3.8) is 0 Å². The molecule has 0 aromatic carbocycles. The van der Waals surface area contributed by atoms with Crippen LogP contribution in [0.4, 0.5) is 13.2 Å². The Kier molecular flexibility index (Phi) is 3.83. The Morgan fingerprint density at radius 1 is 1.42 bits per heavy atom. The maximum absolute atomic E-state index is 12.0. The van der Waals surface area contributed by atoms with Crippen molar-refractivity contribution in [1.82, 2.24) is 5.32 Å². The highest BCUT2D eigenvalue weighted by atomic mass is 35.5. The number of halogens is 4. The zero-order valence-corrected chi connectivity index (χ0v) is 7.06. The van der Waals surface area contributed by atoms with Gasteiger partial charge in [-0.05, 0) is 12.8 Å². The van der Waals surface area contributed by atoms with E-state index in [2.05, 4.69) is 5.32 Å². The Labute approximate surface area is 74.4 Å². The lowest BCUT2D eigenvalue weighted by Crippen LogP contribution is -2.43. The van der Waals surface area contributed by atoms with Gasteiger partial charge in [0, 0.05) is 6.54 Å². The number of hydrogen-bond donors (Lipinski definition) is 2. The SMILES string of the molecule is Cl.N=C1NCCCC1C(F)(F)F. The molecule has 1 aliphatic rings. The molecule has 2 nitrogen and oxygen atoms in total. The molecule has 6 heteroatoms. The lowest BCUT2D eigenvalue weighted by Gasteiger charge is -2.26. The summed E-state index contributed by atoms with van der Waals surface area (Å²) in [6.45, 7) is 0.491. The number of alkyl halides is 3. The zero-order chi connectivity index (χ0) is 8.48. The molecule has 1 fully saturated rings. The van der Waals surface area contributed by atoms with Crippen LogP contribution in [0.3, 0.4) is 0 Å². The van der Waals surface area contributed by atoms with Gasteiger partial charge in [0.15, 0.2) is 0 Å². The van der Waals surface area contributed by atoms with Crippen LogP contribution in [0.1, 0.15) is 12.8 Å². The standard InChI is InChI=1S/C6H9F3N2.ClH/c7-6(8,9)4-2-1-3-11-5(4)10;/h4H,1-3H2,(H2,10,11);1H. The molecule has 1 rings (SSSR count). The van der Waals surface area contributed by atoms with Crippen molar-refractivity contribution in [2.75, 3.05) is 6.54 Å². The van der Waals surface area contributed by atoms with Gasteiger partial charge in [-0.15, -0.1) is 12.4 Å². The molecule has 1 unspecified atom stereocenters. The first-order valence-corrected chi connectivity index (χ1v) is 3.41. The summed E-state index contributed by atoms with van der Waals surface area (Å²) in [6, 6.07) is 0. The number of hydrogen-bond acceptors (Lipinski definition) is 1. The average Bonchev–Trinajstić information content (AvgIpc) is 1.86. The molecule has 0 saturated carbocycles. The Hall–Kier alpha value is -0.450. The van der Waals surface area contributed by atoms with Crippen molar-refractivity contribution in [1.29, 1.82) is 5.41 Å². The van der Waals surface area contributed by atoms with E-state index >= 15 is 0 Å². The molecule has 0 radical (unpaired) electrons. The van der Waals surface area contributed by atoms with Crippen LogP contribution in [0.15, 0.2) is 0 Å². The van der Waals surface area contributed by atoms with Gasteiger partial charge in [-0.1, -0.05) is 0 Å². The monoisotopic (exact) mass is 202 g/mol. The van der Waals surface area contributed by atoms with Crippen molar-refractivity contribution < 1.29 is 13.2 Å². The normalized spacial score (nSPS) is 24.2. The van der Waals surface area contributed by atoms with Crippen LogP contribution in [0, 0.1) is 11.3 Å². The second-order valence-electron chi connectivity index (χ2n) is 2.58. The molecule has 1 saturated heterocycles. The van der Waals surface area contributed by atoms with Crippen LogP contribution in [-0.4, -0.2) is 18.6 Å². The van der Waals surface area contributed by atoms with Crippen molar-refractivity contribution >= 4 is 18.2 Å². The Balaban J connectivity index is 0.00000121. The number of amidine groups is 1. The maximum Gasteiger partial charge on any atom is 0.398 e. The fourth-order valence-electron chi connectivity index (χ4n) is 1.12. The number of nitrogens with one attached hydrogen (secondary N) is 2. The minimum atomic E-state index is -4.25. The molecule has 0 aromatic rings. The van der Waals surface area contributed by atoms with E-state index in [9.17, 15) is 13.2 Å². The van der Waals surface area contributed by atoms with Gasteiger partial charge >= 0.3 is 6.18 Å². The molecular weight excluding hydrogens is 193 g/mol. The summed E-state index contributed by atoms with van der Waals surface area (Å²) in [5.74, 6) is -1.94. The molecule has 1 atom stereocenters. The average molecular weight is 203 g/mol. The highest BCUT2D eigenvalue weighted by molar-refractivity contribution is 5.85. The van der Waals surface area contributed by atoms with E-state index in [1.807, 2.05) is 0 Å². The van der Waals surface area contributed by atoms with E-state index < -0.39 is 12.1 Å². The van der Waals surface area contributed by atoms with E-state index in [1.54, 1.807) is 0 Å². The van der Waals surface area contributed by atoms with Crippen molar-refractivity contribution in [2.24, 2.45) is 5.92 Å². The summed E-state index contributed by atoms with van der Waals surface area (Å²) in [5, 5.41) is 9.37. The highest BCUT2D eigenvalue weighted by Crippen LogP contribution is 2.31. The topological polar surface area (TPSA) is 35.9 Å². The molecule has 72 valence electrons. The van der Waals surface area contributed by atoms with Crippen LogP contribution in [0.5, 0.6) is 0 Å². The molecule has 1 aliphatic heterocycles. The van der Waals surface area contributed by atoms with Crippen molar-refractivity contribution in [2.45, 2.75) is 19.0 Å². The molecule has 0 amide bonds. The minimum absolute atomic E-state index is 0. The van der Waals surface area contributed by atoms with Crippen LogP contribution in [-0.2, 0) is 0 Å². The third kappa shape index (κ3) is 2.55. The smallest absolute Gasteiger partial charge is 0.374 e. The van der Waals surface area contributed by atoms with Gasteiger partial charge in [-0.25, -0.2) is 0 Å². The van der Waals surface area contributed by atoms with Crippen LogP contribution >= 0.6 is 12.4 Å². The lowest BCUT2D eigenvalue weighted by molar-refractivity contribution is -0.159. The first-order chi connectivity index (χ1) is 5.02. The third-order valence-electron chi connectivity index (χ3n) is 1.73. The molecule has 1 heterocycles. The number of rotatable bonds is 0. The molecule has 0 aromatic heterocycles. The predicted molar refractivity (Wildman–Crippen MR) is 41.8 cm³/mol. The van der Waals surface area contributed by atoms with Gasteiger partial charge in [-0.2, -0.15) is 13.2 Å². The summed E-state index contributed by atoms with van der Waals surface area (Å²) in [4.78, 5) is 0. The Morgan fingerprint density at radius 2 is 2.00 bits per heavy atom. The quantitative estimate of drug-likeness (QED) is 0.619. The fraction of sp³-hybridized carbons (Fsp3) is 0.833. The van der Waals surface area contributed by atoms with E-state index in [4.69, 9.17) is 5.41 Å². The summed E-state index contributed by atoms with van der Waals surface area (Å²) in [6.07, 6.45) is -3.70. The van der Waals surface area contributed by atoms with Gasteiger partial charge in [0.2, 0.25) is 0 Å². The fourth-order valence-corrected chi connectivity index (χ4v) is 1.12. The van der Waals surface area contributed by atoms with Gasteiger partial charge in [0.25, 0.3) is 0 Å². The zero-order valence-electron chi connectivity index (χ0n) is 6.24. The number of piperidine rings is 1. The highest BCUT2D eigenvalue weighted by Gasteiger charge is 2.43. The van der Waals surface area contributed by atoms with E-state index in [-0.39, 0.29) is 24.7 Å². The van der Waals surface area contributed by atoms with E-state index in [0.717, 1.165) is 0 Å². The van der Waals surface area contributed by atoms with Crippen LogP contribution in [0.25, 0.3) is 0 Å². The van der Waals surface area contributed by atoms with Gasteiger partial charge in [0.05, 0.1) is 0 Å². The molecule has 0 aliphatic carbocycles. The van der Waals surface area contributed by atoms with E-state index in [1.165, 1.54) is 0 Å². The second-order valence-corrected chi connectivity index (χ2v) is 2.58. The molecule has 0 spiro atoms. The van der Waals surface area contributed by atoms with Gasteiger partial charge < -0.3 is 5.32 Å². The first-order valence-electron chi connectivity index (χ1n) is 3.41. The van der Waals surface area contributed by atoms with Gasteiger partial charge in [0.1, 0.15) is 11.8 Å². The molecular formula is C6H10ClF3N2. The second kappa shape index (κ2) is 3.98. The van der Waals surface area contributed by atoms with Crippen LogP contribution < -0.4 is 5.32 Å². The summed E-state index contributed by atoms with van der Waals surface area (Å²) in [7, 11) is 0. The molecule has 12 heavy (non-hydrogen) atoms. The Bertz CT molecular complexity index is 169.